The zero-order valence-corrected chi connectivity index (χ0v) is 6.40. The zero-order chi connectivity index (χ0) is 7.99. The number of cyclic esters (lactones) is 1. The number of ether oxygens (including phenoxy) is 1. The quantitative estimate of drug-likeness (QED) is 0.485. The molecule has 1 rings (SSSR count). The number of alkyl halides is 1. The zero-order valence-electron chi connectivity index (χ0n) is 6.40. The number of carbonyl (C=O) groups excluding carboxylic acids is 1. The van der Waals surface area contributed by atoms with Crippen molar-refractivity contribution in [2.24, 2.45) is 5.41 Å². The Balaban J connectivity index is 2.88. The summed E-state index contributed by atoms with van der Waals surface area (Å²) in [6.07, 6.45) is 0.167. The Labute approximate surface area is 59.4 Å². The van der Waals surface area contributed by atoms with E-state index in [2.05, 4.69) is 4.74 Å². The van der Waals surface area contributed by atoms with Gasteiger partial charge in [0.25, 0.3) is 5.85 Å². The predicted molar refractivity (Wildman–Crippen MR) is 34.0 cm³/mol. The molecule has 0 aliphatic carbocycles. The van der Waals surface area contributed by atoms with Crippen LogP contribution in [0.1, 0.15) is 27.2 Å². The van der Waals surface area contributed by atoms with Crippen LogP contribution in [0, 0.1) is 5.41 Å². The van der Waals surface area contributed by atoms with Crippen LogP contribution < -0.4 is 0 Å². The molecule has 1 aliphatic rings. The third kappa shape index (κ3) is 0.895. The summed E-state index contributed by atoms with van der Waals surface area (Å²) in [5.74, 6) is -2.24. The number of hydrogen-bond donors (Lipinski definition) is 0. The molecule has 1 heterocycles. The first kappa shape index (κ1) is 7.51. The van der Waals surface area contributed by atoms with Crippen molar-refractivity contribution in [1.82, 2.24) is 0 Å². The van der Waals surface area contributed by atoms with Crippen molar-refractivity contribution in [2.45, 2.75) is 33.0 Å². The lowest BCUT2D eigenvalue weighted by molar-refractivity contribution is -0.172. The molecule has 0 amide bonds. The highest BCUT2D eigenvalue weighted by atomic mass is 19.2. The van der Waals surface area contributed by atoms with Crippen LogP contribution in [0.4, 0.5) is 4.39 Å². The second-order valence-corrected chi connectivity index (χ2v) is 3.45. The lowest BCUT2D eigenvalue weighted by atomic mass is 9.85. The minimum atomic E-state index is -1.79. The van der Waals surface area contributed by atoms with E-state index in [1.807, 2.05) is 0 Å². The lowest BCUT2D eigenvalue weighted by Gasteiger charge is -2.26. The molecule has 0 aromatic carbocycles. The van der Waals surface area contributed by atoms with E-state index >= 15 is 0 Å². The van der Waals surface area contributed by atoms with E-state index in [1.54, 1.807) is 13.8 Å². The molecule has 0 saturated carbocycles. The van der Waals surface area contributed by atoms with E-state index < -0.39 is 17.2 Å². The molecule has 1 atom stereocenters. The maximum absolute atomic E-state index is 13.2. The first-order chi connectivity index (χ1) is 4.35. The summed E-state index contributed by atoms with van der Waals surface area (Å²) >= 11 is 0. The van der Waals surface area contributed by atoms with Crippen molar-refractivity contribution >= 4 is 5.97 Å². The molecular formula is C7H11FO2. The highest BCUT2D eigenvalue weighted by molar-refractivity contribution is 5.73. The molecule has 10 heavy (non-hydrogen) atoms. The Hall–Kier alpha value is -0.600. The Morgan fingerprint density at radius 1 is 1.50 bits per heavy atom. The van der Waals surface area contributed by atoms with Gasteiger partial charge in [0.15, 0.2) is 0 Å². The third-order valence-corrected chi connectivity index (χ3v) is 2.10. The highest BCUT2D eigenvalue weighted by Gasteiger charge is 2.52. The summed E-state index contributed by atoms with van der Waals surface area (Å²) in [6.45, 7) is 4.65. The van der Waals surface area contributed by atoms with Crippen molar-refractivity contribution in [2.75, 3.05) is 0 Å². The van der Waals surface area contributed by atoms with Gasteiger partial charge in [-0.1, -0.05) is 13.8 Å². The molecule has 1 aliphatic heterocycles. The summed E-state index contributed by atoms with van der Waals surface area (Å²) in [5, 5.41) is 0. The Bertz CT molecular complexity index is 154. The molecule has 0 N–H and O–H groups in total. The van der Waals surface area contributed by atoms with Crippen LogP contribution >= 0.6 is 0 Å². The van der Waals surface area contributed by atoms with Gasteiger partial charge in [0, 0.05) is 12.3 Å². The largest absolute Gasteiger partial charge is 0.428 e. The molecule has 0 bridgehead atoms. The van der Waals surface area contributed by atoms with Gasteiger partial charge < -0.3 is 4.74 Å². The van der Waals surface area contributed by atoms with Crippen LogP contribution in [0.2, 0.25) is 0 Å². The van der Waals surface area contributed by atoms with Crippen LogP contribution in [-0.4, -0.2) is 11.8 Å². The second kappa shape index (κ2) is 1.71. The van der Waals surface area contributed by atoms with E-state index in [9.17, 15) is 9.18 Å². The molecule has 1 unspecified atom stereocenters. The van der Waals surface area contributed by atoms with Gasteiger partial charge in [-0.2, -0.15) is 4.39 Å². The molecular weight excluding hydrogens is 135 g/mol. The number of esters is 1. The molecule has 0 radical (unpaired) electrons. The minimum Gasteiger partial charge on any atom is -0.428 e. The van der Waals surface area contributed by atoms with Crippen molar-refractivity contribution in [1.29, 1.82) is 0 Å². The molecule has 58 valence electrons. The van der Waals surface area contributed by atoms with Gasteiger partial charge in [-0.25, -0.2) is 0 Å². The average Bonchev–Trinajstić information content (AvgIpc) is 1.73. The normalized spacial score (nSPS) is 37.8. The molecule has 3 heteroatoms. The van der Waals surface area contributed by atoms with Crippen molar-refractivity contribution in [3.05, 3.63) is 0 Å². The predicted octanol–water partition coefficient (Wildman–Crippen LogP) is 1.65. The minimum absolute atomic E-state index is 0.167. The maximum atomic E-state index is 13.2. The van der Waals surface area contributed by atoms with Gasteiger partial charge in [0.2, 0.25) is 0 Å². The molecule has 0 aromatic rings. The van der Waals surface area contributed by atoms with Gasteiger partial charge in [-0.3, -0.25) is 4.79 Å². The summed E-state index contributed by atoms with van der Waals surface area (Å²) in [4.78, 5) is 10.6. The fourth-order valence-corrected chi connectivity index (χ4v) is 0.907. The van der Waals surface area contributed by atoms with Crippen LogP contribution in [0.15, 0.2) is 0 Å². The monoisotopic (exact) mass is 146 g/mol. The topological polar surface area (TPSA) is 26.3 Å². The van der Waals surface area contributed by atoms with E-state index in [-0.39, 0.29) is 6.42 Å². The van der Waals surface area contributed by atoms with Crippen LogP contribution in [0.25, 0.3) is 0 Å². The standard InChI is InChI=1S/C7H11FO2/c1-6(2)4-5(9)10-7(6,3)8/h4H2,1-3H3. The van der Waals surface area contributed by atoms with E-state index in [1.165, 1.54) is 6.92 Å². The SMILES string of the molecule is CC1(C)CC(=O)OC1(C)F. The lowest BCUT2D eigenvalue weighted by Crippen LogP contribution is -2.32. The smallest absolute Gasteiger partial charge is 0.309 e. The van der Waals surface area contributed by atoms with Crippen LogP contribution in [0.3, 0.4) is 0 Å². The number of rotatable bonds is 0. The van der Waals surface area contributed by atoms with Gasteiger partial charge in [-0.05, 0) is 0 Å². The summed E-state index contributed by atoms with van der Waals surface area (Å²) in [5.41, 5.74) is -0.677. The van der Waals surface area contributed by atoms with Gasteiger partial charge in [-0.15, -0.1) is 0 Å². The van der Waals surface area contributed by atoms with Crippen molar-refractivity contribution < 1.29 is 13.9 Å². The highest BCUT2D eigenvalue weighted by Crippen LogP contribution is 2.44. The third-order valence-electron chi connectivity index (χ3n) is 2.10. The molecule has 0 aromatic heterocycles. The average molecular weight is 146 g/mol. The number of halogens is 1. The van der Waals surface area contributed by atoms with Gasteiger partial charge >= 0.3 is 5.97 Å². The van der Waals surface area contributed by atoms with Gasteiger partial charge in [0.05, 0.1) is 6.42 Å². The van der Waals surface area contributed by atoms with Crippen LogP contribution in [0.5, 0.6) is 0 Å². The Morgan fingerprint density at radius 2 is 2.00 bits per heavy atom. The van der Waals surface area contributed by atoms with E-state index in [0.717, 1.165) is 0 Å². The fraction of sp³-hybridized carbons (Fsp3) is 0.857. The molecule has 2 nitrogen and oxygen atoms in total. The van der Waals surface area contributed by atoms with Gasteiger partial charge in [0.1, 0.15) is 0 Å². The van der Waals surface area contributed by atoms with E-state index in [4.69, 9.17) is 0 Å². The first-order valence-corrected chi connectivity index (χ1v) is 3.26. The molecule has 1 fully saturated rings. The summed E-state index contributed by atoms with van der Waals surface area (Å²) in [6, 6.07) is 0. The number of carbonyl (C=O) groups is 1. The molecule has 1 saturated heterocycles. The van der Waals surface area contributed by atoms with Crippen molar-refractivity contribution in [3.8, 4) is 0 Å². The fourth-order valence-electron chi connectivity index (χ4n) is 0.907. The first-order valence-electron chi connectivity index (χ1n) is 3.26. The Kier molecular flexibility index (Phi) is 1.28. The molecule has 0 spiro atoms. The van der Waals surface area contributed by atoms with Crippen molar-refractivity contribution in [3.63, 3.8) is 0 Å². The maximum Gasteiger partial charge on any atom is 0.309 e. The van der Waals surface area contributed by atoms with Crippen LogP contribution in [-0.2, 0) is 9.53 Å². The number of hydrogen-bond acceptors (Lipinski definition) is 2. The second-order valence-electron chi connectivity index (χ2n) is 3.45. The summed E-state index contributed by atoms with van der Waals surface area (Å²) < 4.78 is 17.7. The van der Waals surface area contributed by atoms with E-state index in [0.29, 0.717) is 0 Å². The summed E-state index contributed by atoms with van der Waals surface area (Å²) in [7, 11) is 0. The Morgan fingerprint density at radius 3 is 2.10 bits per heavy atom.